The van der Waals surface area contributed by atoms with Gasteiger partial charge in [-0.3, -0.25) is 0 Å². The fourth-order valence-corrected chi connectivity index (χ4v) is 9.24. The molecule has 3 nitrogen and oxygen atoms in total. The molecule has 11 aromatic rings. The lowest BCUT2D eigenvalue weighted by Crippen LogP contribution is -2.00. The molecule has 0 atom stereocenters. The first kappa shape index (κ1) is 29.9. The highest BCUT2D eigenvalue weighted by molar-refractivity contribution is 7.26. The van der Waals surface area contributed by atoms with Gasteiger partial charge < -0.3 is 0 Å². The number of hydrogen-bond acceptors (Lipinski definition) is 4. The van der Waals surface area contributed by atoms with Crippen molar-refractivity contribution in [2.75, 3.05) is 0 Å². The Labute approximate surface area is 309 Å². The van der Waals surface area contributed by atoms with Gasteiger partial charge in [0.15, 0.2) is 17.5 Å². The molecule has 0 saturated carbocycles. The Bertz CT molecular complexity index is 3240. The lowest BCUT2D eigenvalue weighted by Gasteiger charge is -2.16. The van der Waals surface area contributed by atoms with E-state index in [0.717, 1.165) is 22.3 Å². The van der Waals surface area contributed by atoms with Gasteiger partial charge in [0.1, 0.15) is 0 Å². The van der Waals surface area contributed by atoms with E-state index < -0.39 is 0 Å². The number of rotatable bonds is 4. The van der Waals surface area contributed by atoms with Crippen LogP contribution in [0.2, 0.25) is 0 Å². The zero-order valence-electron chi connectivity index (χ0n) is 28.5. The minimum absolute atomic E-state index is 0.648. The van der Waals surface area contributed by atoms with Crippen LogP contribution in [-0.2, 0) is 0 Å². The van der Waals surface area contributed by atoms with Crippen LogP contribution in [0.5, 0.6) is 0 Å². The van der Waals surface area contributed by atoms with Crippen LogP contribution >= 0.6 is 11.3 Å². The van der Waals surface area contributed by atoms with E-state index in [2.05, 4.69) is 158 Å². The average Bonchev–Trinajstić information content (AvgIpc) is 3.62. The predicted molar refractivity (Wildman–Crippen MR) is 224 cm³/mol. The zero-order valence-corrected chi connectivity index (χ0v) is 29.3. The summed E-state index contributed by atoms with van der Waals surface area (Å²) in [6, 6.07) is 62.8. The van der Waals surface area contributed by atoms with Gasteiger partial charge in [-0.05, 0) is 78.5 Å². The quantitative estimate of drug-likeness (QED) is 0.172. The van der Waals surface area contributed by atoms with Gasteiger partial charge >= 0.3 is 0 Å². The molecule has 0 aliphatic heterocycles. The molecule has 53 heavy (non-hydrogen) atoms. The van der Waals surface area contributed by atoms with Crippen LogP contribution < -0.4 is 0 Å². The lowest BCUT2D eigenvalue weighted by atomic mass is 9.88. The third-order valence-corrected chi connectivity index (χ3v) is 11.7. The number of benzene rings is 9. The van der Waals surface area contributed by atoms with E-state index in [1.807, 2.05) is 18.2 Å². The number of hydrogen-bond donors (Lipinski definition) is 0. The van der Waals surface area contributed by atoms with E-state index in [1.165, 1.54) is 68.8 Å². The maximum absolute atomic E-state index is 5.24. The van der Waals surface area contributed by atoms with Crippen LogP contribution in [0.25, 0.3) is 109 Å². The van der Waals surface area contributed by atoms with Crippen molar-refractivity contribution in [1.29, 1.82) is 0 Å². The molecule has 9 aromatic carbocycles. The molecule has 0 aliphatic rings. The van der Waals surface area contributed by atoms with Crippen molar-refractivity contribution in [2.24, 2.45) is 0 Å². The highest BCUT2D eigenvalue weighted by Crippen LogP contribution is 2.43. The smallest absolute Gasteiger partial charge is 0.165 e. The van der Waals surface area contributed by atoms with Gasteiger partial charge in [0, 0.05) is 36.9 Å². The van der Waals surface area contributed by atoms with Crippen molar-refractivity contribution in [1.82, 2.24) is 15.0 Å². The molecule has 0 radical (unpaired) electrons. The molecule has 4 heteroatoms. The maximum atomic E-state index is 5.24. The molecule has 0 aliphatic carbocycles. The first-order chi connectivity index (χ1) is 26.3. The van der Waals surface area contributed by atoms with Crippen molar-refractivity contribution in [3.63, 3.8) is 0 Å². The summed E-state index contributed by atoms with van der Waals surface area (Å²) in [4.78, 5) is 15.5. The van der Waals surface area contributed by atoms with Crippen molar-refractivity contribution in [3.8, 4) is 45.3 Å². The van der Waals surface area contributed by atoms with Gasteiger partial charge in [0.05, 0.1) is 0 Å². The molecule has 0 saturated heterocycles. The molecule has 246 valence electrons. The van der Waals surface area contributed by atoms with Gasteiger partial charge in [-0.1, -0.05) is 152 Å². The summed E-state index contributed by atoms with van der Waals surface area (Å²) in [7, 11) is 0. The molecular weight excluding hydrogens is 663 g/mol. The van der Waals surface area contributed by atoms with Crippen molar-refractivity contribution < 1.29 is 0 Å². The molecule has 0 fully saturated rings. The van der Waals surface area contributed by atoms with E-state index in [4.69, 9.17) is 15.0 Å². The maximum Gasteiger partial charge on any atom is 0.165 e. The predicted octanol–water partition coefficient (Wildman–Crippen LogP) is 13.5. The van der Waals surface area contributed by atoms with Gasteiger partial charge in [0.25, 0.3) is 0 Å². The Morgan fingerprint density at radius 2 is 0.906 bits per heavy atom. The molecule has 2 heterocycles. The van der Waals surface area contributed by atoms with E-state index in [1.54, 1.807) is 11.3 Å². The summed E-state index contributed by atoms with van der Waals surface area (Å²) in [6.07, 6.45) is 0. The Morgan fingerprint density at radius 3 is 1.74 bits per heavy atom. The fourth-order valence-electron chi connectivity index (χ4n) is 8.03. The highest BCUT2D eigenvalue weighted by atomic mass is 32.1. The second-order valence-corrected chi connectivity index (χ2v) is 14.6. The van der Waals surface area contributed by atoms with Gasteiger partial charge in [0.2, 0.25) is 0 Å². The monoisotopic (exact) mass is 691 g/mol. The lowest BCUT2D eigenvalue weighted by molar-refractivity contribution is 1.08. The average molecular weight is 692 g/mol. The summed E-state index contributed by atoms with van der Waals surface area (Å²) >= 11 is 1.79. The van der Waals surface area contributed by atoms with E-state index in [0.29, 0.717) is 17.5 Å². The second-order valence-electron chi connectivity index (χ2n) is 13.6. The molecule has 0 N–H and O–H groups in total. The van der Waals surface area contributed by atoms with Crippen LogP contribution in [0.3, 0.4) is 0 Å². The Morgan fingerprint density at radius 1 is 0.321 bits per heavy atom. The van der Waals surface area contributed by atoms with E-state index >= 15 is 0 Å². The zero-order chi connectivity index (χ0) is 34.9. The number of thiophene rings is 1. The van der Waals surface area contributed by atoms with Crippen molar-refractivity contribution >= 4 is 74.6 Å². The Kier molecular flexibility index (Phi) is 6.73. The topological polar surface area (TPSA) is 38.7 Å². The normalized spacial score (nSPS) is 11.8. The molecule has 0 unspecified atom stereocenters. The van der Waals surface area contributed by atoms with Crippen LogP contribution in [0.4, 0.5) is 0 Å². The first-order valence-corrected chi connectivity index (χ1v) is 18.7. The molecular formula is C49H29N3S. The van der Waals surface area contributed by atoms with Crippen molar-refractivity contribution in [2.45, 2.75) is 0 Å². The number of nitrogens with zero attached hydrogens (tertiary/aromatic N) is 3. The van der Waals surface area contributed by atoms with Crippen molar-refractivity contribution in [3.05, 3.63) is 176 Å². The molecule has 0 amide bonds. The van der Waals surface area contributed by atoms with Crippen LogP contribution in [0.1, 0.15) is 0 Å². The van der Waals surface area contributed by atoms with E-state index in [-0.39, 0.29) is 0 Å². The van der Waals surface area contributed by atoms with Gasteiger partial charge in [-0.2, -0.15) is 0 Å². The number of aromatic nitrogens is 3. The van der Waals surface area contributed by atoms with E-state index in [9.17, 15) is 0 Å². The summed E-state index contributed by atoms with van der Waals surface area (Å²) in [5, 5.41) is 12.5. The summed E-state index contributed by atoms with van der Waals surface area (Å²) in [5.74, 6) is 1.98. The summed E-state index contributed by atoms with van der Waals surface area (Å²) in [6.45, 7) is 0. The second kappa shape index (κ2) is 11.9. The standard InChI is InChI=1S/C49H29N3S/c1-2-14-32(15-3-1)47-50-48(52-49(51-47)41-22-11-21-39-38-20-8-9-23-43(38)53-46(39)41)35-17-10-16-33(28-35)42-29-34-25-24-30-12-4-6-18-36(30)44(34)40-27-26-31-13-5-7-19-37(31)45(40)42/h1-29H. The molecule has 0 spiro atoms. The Hall–Kier alpha value is -6.75. The summed E-state index contributed by atoms with van der Waals surface area (Å²) < 4.78 is 2.43. The first-order valence-electron chi connectivity index (χ1n) is 17.9. The minimum atomic E-state index is 0.648. The van der Waals surface area contributed by atoms with Crippen LogP contribution in [0.15, 0.2) is 176 Å². The Balaban J connectivity index is 1.16. The van der Waals surface area contributed by atoms with Crippen LogP contribution in [-0.4, -0.2) is 15.0 Å². The third kappa shape index (κ3) is 4.84. The van der Waals surface area contributed by atoms with Gasteiger partial charge in [-0.25, -0.2) is 15.0 Å². The summed E-state index contributed by atoms with van der Waals surface area (Å²) in [5.41, 5.74) is 5.22. The third-order valence-electron chi connectivity index (χ3n) is 10.5. The van der Waals surface area contributed by atoms with Gasteiger partial charge in [-0.15, -0.1) is 11.3 Å². The fraction of sp³-hybridized carbons (Fsp3) is 0. The highest BCUT2D eigenvalue weighted by Gasteiger charge is 2.18. The molecule has 11 rings (SSSR count). The molecule has 0 bridgehead atoms. The molecule has 2 aromatic heterocycles. The number of fused-ring (bicyclic) bond motifs is 10. The minimum Gasteiger partial charge on any atom is -0.208 e. The SMILES string of the molecule is c1ccc(-c2nc(-c3cccc(-c4cc5ccc6ccccc6c5c5ccc6ccccc6c45)c3)nc(-c3cccc4c3sc3ccccc34)n2)cc1. The van der Waals surface area contributed by atoms with Crippen LogP contribution in [0, 0.1) is 0 Å². The largest absolute Gasteiger partial charge is 0.208 e.